The summed E-state index contributed by atoms with van der Waals surface area (Å²) >= 11 is 0. The van der Waals surface area contributed by atoms with Crippen molar-refractivity contribution in [2.75, 3.05) is 13.1 Å². The lowest BCUT2D eigenvalue weighted by molar-refractivity contribution is 0.0940. The first kappa shape index (κ1) is 11.9. The third-order valence-corrected chi connectivity index (χ3v) is 3.25. The Balaban J connectivity index is 1.81. The maximum absolute atomic E-state index is 12.2. The van der Waals surface area contributed by atoms with Gasteiger partial charge in [-0.2, -0.15) is 0 Å². The summed E-state index contributed by atoms with van der Waals surface area (Å²) in [6.07, 6.45) is 2.43. The van der Waals surface area contributed by atoms with E-state index in [0.29, 0.717) is 11.3 Å². The summed E-state index contributed by atoms with van der Waals surface area (Å²) in [5.41, 5.74) is 1.34. The smallest absolute Gasteiger partial charge is 0.257 e. The van der Waals surface area contributed by atoms with E-state index in [9.17, 15) is 4.79 Å². The highest BCUT2D eigenvalue weighted by Crippen LogP contribution is 2.23. The second-order valence-electron chi connectivity index (χ2n) is 4.60. The summed E-state index contributed by atoms with van der Waals surface area (Å²) < 4.78 is 5.21. The molecule has 1 aliphatic heterocycles. The number of hydrogen-bond donors (Lipinski definition) is 2. The van der Waals surface area contributed by atoms with Crippen molar-refractivity contribution in [3.63, 3.8) is 0 Å². The van der Waals surface area contributed by atoms with E-state index in [0.717, 1.165) is 25.1 Å². The molecule has 2 N–H and O–H groups in total. The van der Waals surface area contributed by atoms with Crippen LogP contribution in [-0.2, 0) is 0 Å². The zero-order valence-corrected chi connectivity index (χ0v) is 10.4. The predicted molar refractivity (Wildman–Crippen MR) is 70.7 cm³/mol. The van der Waals surface area contributed by atoms with Gasteiger partial charge in [0.25, 0.3) is 5.91 Å². The summed E-state index contributed by atoms with van der Waals surface area (Å²) in [6, 6.07) is 9.71. The highest BCUT2D eigenvalue weighted by molar-refractivity contribution is 5.99. The Morgan fingerprint density at radius 2 is 2.21 bits per heavy atom. The van der Waals surface area contributed by atoms with Gasteiger partial charge in [-0.05, 0) is 13.0 Å². The van der Waals surface area contributed by atoms with Crippen LogP contribution < -0.4 is 10.6 Å². The van der Waals surface area contributed by atoms with E-state index in [1.807, 2.05) is 30.3 Å². The van der Waals surface area contributed by atoms with Crippen LogP contribution in [0, 0.1) is 0 Å². The highest BCUT2D eigenvalue weighted by Gasteiger charge is 2.22. The number of carbonyl (C=O) groups excluding carboxylic acids is 1. The number of carbonyl (C=O) groups is 1. The number of hydrogen-bond acceptors (Lipinski definition) is 4. The van der Waals surface area contributed by atoms with Gasteiger partial charge in [0.05, 0.1) is 6.20 Å². The van der Waals surface area contributed by atoms with Gasteiger partial charge >= 0.3 is 0 Å². The largest absolute Gasteiger partial charge is 0.355 e. The fourth-order valence-electron chi connectivity index (χ4n) is 2.24. The number of amides is 1. The van der Waals surface area contributed by atoms with Gasteiger partial charge in [0.1, 0.15) is 5.56 Å². The SMILES string of the molecule is O=C(N[C@@H]1CCNC1)c1cnoc1-c1ccccc1. The van der Waals surface area contributed by atoms with Crippen molar-refractivity contribution in [3.8, 4) is 11.3 Å². The molecular weight excluding hydrogens is 242 g/mol. The highest BCUT2D eigenvalue weighted by atomic mass is 16.5. The van der Waals surface area contributed by atoms with Crippen molar-refractivity contribution in [1.82, 2.24) is 15.8 Å². The van der Waals surface area contributed by atoms with Crippen molar-refractivity contribution < 1.29 is 9.32 Å². The quantitative estimate of drug-likeness (QED) is 0.873. The third kappa shape index (κ3) is 2.51. The second-order valence-corrected chi connectivity index (χ2v) is 4.60. The molecule has 1 aromatic heterocycles. The van der Waals surface area contributed by atoms with Crippen LogP contribution in [0.2, 0.25) is 0 Å². The molecule has 98 valence electrons. The van der Waals surface area contributed by atoms with Gasteiger partial charge in [0.2, 0.25) is 0 Å². The van der Waals surface area contributed by atoms with Crippen molar-refractivity contribution >= 4 is 5.91 Å². The third-order valence-electron chi connectivity index (χ3n) is 3.25. The van der Waals surface area contributed by atoms with Crippen LogP contribution in [0.4, 0.5) is 0 Å². The lowest BCUT2D eigenvalue weighted by Gasteiger charge is -2.10. The summed E-state index contributed by atoms with van der Waals surface area (Å²) in [4.78, 5) is 12.2. The summed E-state index contributed by atoms with van der Waals surface area (Å²) in [5, 5.41) is 9.95. The number of benzene rings is 1. The number of nitrogens with one attached hydrogen (secondary N) is 2. The number of nitrogens with zero attached hydrogens (tertiary/aromatic N) is 1. The molecule has 0 aliphatic carbocycles. The molecule has 1 saturated heterocycles. The molecule has 3 rings (SSSR count). The average Bonchev–Trinajstić information content (AvgIpc) is 3.10. The first-order chi connectivity index (χ1) is 9.34. The van der Waals surface area contributed by atoms with Crippen LogP contribution in [-0.4, -0.2) is 30.2 Å². The minimum atomic E-state index is -0.131. The topological polar surface area (TPSA) is 67.2 Å². The van der Waals surface area contributed by atoms with E-state index in [1.165, 1.54) is 6.20 Å². The molecule has 19 heavy (non-hydrogen) atoms. The molecule has 5 nitrogen and oxygen atoms in total. The lowest BCUT2D eigenvalue weighted by Crippen LogP contribution is -2.36. The monoisotopic (exact) mass is 257 g/mol. The molecule has 2 aromatic rings. The zero-order chi connectivity index (χ0) is 13.1. The molecule has 0 unspecified atom stereocenters. The molecule has 5 heteroatoms. The van der Waals surface area contributed by atoms with Gasteiger partial charge in [-0.25, -0.2) is 0 Å². The van der Waals surface area contributed by atoms with Crippen LogP contribution in [0.1, 0.15) is 16.8 Å². The molecule has 2 heterocycles. The van der Waals surface area contributed by atoms with Crippen LogP contribution in [0.5, 0.6) is 0 Å². The van der Waals surface area contributed by atoms with Gasteiger partial charge in [-0.3, -0.25) is 4.79 Å². The Bertz CT molecular complexity index is 559. The molecule has 1 atom stereocenters. The van der Waals surface area contributed by atoms with Crippen LogP contribution in [0.25, 0.3) is 11.3 Å². The van der Waals surface area contributed by atoms with E-state index in [1.54, 1.807) is 0 Å². The van der Waals surface area contributed by atoms with E-state index in [2.05, 4.69) is 15.8 Å². The first-order valence-electron chi connectivity index (χ1n) is 6.36. The maximum Gasteiger partial charge on any atom is 0.257 e. The van der Waals surface area contributed by atoms with E-state index in [-0.39, 0.29) is 11.9 Å². The van der Waals surface area contributed by atoms with Crippen LogP contribution in [0.3, 0.4) is 0 Å². The molecule has 1 amide bonds. The Morgan fingerprint density at radius 1 is 1.37 bits per heavy atom. The molecule has 1 fully saturated rings. The van der Waals surface area contributed by atoms with Gasteiger partial charge in [0, 0.05) is 18.2 Å². The lowest BCUT2D eigenvalue weighted by atomic mass is 10.1. The maximum atomic E-state index is 12.2. The summed E-state index contributed by atoms with van der Waals surface area (Å²) in [7, 11) is 0. The van der Waals surface area contributed by atoms with Gasteiger partial charge in [-0.15, -0.1) is 0 Å². The number of rotatable bonds is 3. The van der Waals surface area contributed by atoms with Gasteiger partial charge < -0.3 is 15.2 Å². The fourth-order valence-corrected chi connectivity index (χ4v) is 2.24. The molecule has 0 bridgehead atoms. The van der Waals surface area contributed by atoms with Crippen molar-refractivity contribution in [1.29, 1.82) is 0 Å². The molecule has 1 aliphatic rings. The van der Waals surface area contributed by atoms with Crippen LogP contribution in [0.15, 0.2) is 41.1 Å². The number of aromatic nitrogens is 1. The van der Waals surface area contributed by atoms with Crippen molar-refractivity contribution in [3.05, 3.63) is 42.1 Å². The van der Waals surface area contributed by atoms with Gasteiger partial charge in [0.15, 0.2) is 5.76 Å². The van der Waals surface area contributed by atoms with E-state index in [4.69, 9.17) is 4.52 Å². The minimum Gasteiger partial charge on any atom is -0.355 e. The van der Waals surface area contributed by atoms with E-state index < -0.39 is 0 Å². The second kappa shape index (κ2) is 5.24. The van der Waals surface area contributed by atoms with E-state index >= 15 is 0 Å². The minimum absolute atomic E-state index is 0.131. The molecule has 1 aromatic carbocycles. The Labute approximate surface area is 111 Å². The molecule has 0 spiro atoms. The predicted octanol–water partition coefficient (Wildman–Crippen LogP) is 1.43. The Morgan fingerprint density at radius 3 is 2.95 bits per heavy atom. The van der Waals surface area contributed by atoms with Crippen molar-refractivity contribution in [2.45, 2.75) is 12.5 Å². The molecular formula is C14H15N3O2. The average molecular weight is 257 g/mol. The van der Waals surface area contributed by atoms with Crippen LogP contribution >= 0.6 is 0 Å². The Kier molecular flexibility index (Phi) is 3.29. The molecule has 0 radical (unpaired) electrons. The Hall–Kier alpha value is -2.14. The zero-order valence-electron chi connectivity index (χ0n) is 10.4. The summed E-state index contributed by atoms with van der Waals surface area (Å²) in [5.74, 6) is 0.387. The summed E-state index contributed by atoms with van der Waals surface area (Å²) in [6.45, 7) is 1.76. The standard InChI is InChI=1S/C14H15N3O2/c18-14(17-11-6-7-15-8-11)12-9-16-19-13(12)10-4-2-1-3-5-10/h1-5,9,11,15H,6-8H2,(H,17,18)/t11-/m1/s1. The normalized spacial score (nSPS) is 18.4. The van der Waals surface area contributed by atoms with Gasteiger partial charge in [-0.1, -0.05) is 35.5 Å². The molecule has 0 saturated carbocycles. The first-order valence-corrected chi connectivity index (χ1v) is 6.36. The van der Waals surface area contributed by atoms with Crippen molar-refractivity contribution in [2.24, 2.45) is 0 Å². The fraction of sp³-hybridized carbons (Fsp3) is 0.286.